The van der Waals surface area contributed by atoms with Crippen LogP contribution in [0.15, 0.2) is 48.5 Å². The summed E-state index contributed by atoms with van der Waals surface area (Å²) in [5, 5.41) is 0. The molecule has 0 spiro atoms. The number of carbonyl (C=O) groups excluding carboxylic acids is 1. The van der Waals surface area contributed by atoms with E-state index in [1.165, 1.54) is 18.2 Å². The molecule has 0 N–H and O–H groups in total. The van der Waals surface area contributed by atoms with Crippen molar-refractivity contribution in [2.75, 3.05) is 6.54 Å². The number of hydrogen-bond donors (Lipinski definition) is 0. The first kappa shape index (κ1) is 15.7. The van der Waals surface area contributed by atoms with E-state index < -0.39 is 0 Å². The van der Waals surface area contributed by atoms with Crippen LogP contribution in [-0.4, -0.2) is 17.4 Å². The SMILES string of the molecule is O=C(CCc1ccccc1F)N1CCCC1c1ccc(F)cc1. The van der Waals surface area contributed by atoms with Crippen LogP contribution in [0, 0.1) is 11.6 Å². The van der Waals surface area contributed by atoms with E-state index in [-0.39, 0.29) is 23.6 Å². The third kappa shape index (κ3) is 3.58. The van der Waals surface area contributed by atoms with E-state index in [0.717, 1.165) is 18.4 Å². The number of amides is 1. The summed E-state index contributed by atoms with van der Waals surface area (Å²) < 4.78 is 26.7. The van der Waals surface area contributed by atoms with Gasteiger partial charge in [0.1, 0.15) is 11.6 Å². The fourth-order valence-corrected chi connectivity index (χ4v) is 3.18. The maximum Gasteiger partial charge on any atom is 0.223 e. The molecule has 1 unspecified atom stereocenters. The molecule has 2 aromatic rings. The topological polar surface area (TPSA) is 20.3 Å². The maximum absolute atomic E-state index is 13.6. The number of aryl methyl sites for hydroxylation is 1. The minimum atomic E-state index is -0.274. The van der Waals surface area contributed by atoms with Gasteiger partial charge in [-0.3, -0.25) is 4.79 Å². The highest BCUT2D eigenvalue weighted by Crippen LogP contribution is 2.32. The Hall–Kier alpha value is -2.23. The quantitative estimate of drug-likeness (QED) is 0.825. The second-order valence-electron chi connectivity index (χ2n) is 5.89. The first-order valence-electron chi connectivity index (χ1n) is 7.93. The van der Waals surface area contributed by atoms with E-state index >= 15 is 0 Å². The van der Waals surface area contributed by atoms with Crippen LogP contribution in [0.4, 0.5) is 8.78 Å². The van der Waals surface area contributed by atoms with Crippen molar-refractivity contribution in [3.8, 4) is 0 Å². The lowest BCUT2D eigenvalue weighted by atomic mass is 10.0. The molecule has 0 aromatic heterocycles. The smallest absolute Gasteiger partial charge is 0.223 e. The van der Waals surface area contributed by atoms with E-state index in [1.807, 2.05) is 4.90 Å². The van der Waals surface area contributed by atoms with E-state index in [0.29, 0.717) is 24.9 Å². The standard InChI is InChI=1S/C19H19F2NO/c20-16-10-7-15(8-11-16)18-6-3-13-22(18)19(23)12-9-14-4-1-2-5-17(14)21/h1-2,4-5,7-8,10-11,18H,3,6,9,12-13H2. The number of nitrogens with zero attached hydrogens (tertiary/aromatic N) is 1. The van der Waals surface area contributed by atoms with Crippen LogP contribution in [0.2, 0.25) is 0 Å². The van der Waals surface area contributed by atoms with Gasteiger partial charge in [0.25, 0.3) is 0 Å². The summed E-state index contributed by atoms with van der Waals surface area (Å²) in [6.45, 7) is 0.706. The first-order chi connectivity index (χ1) is 11.1. The normalized spacial score (nSPS) is 17.5. The third-order valence-corrected chi connectivity index (χ3v) is 4.39. The molecule has 1 aliphatic heterocycles. The fourth-order valence-electron chi connectivity index (χ4n) is 3.18. The van der Waals surface area contributed by atoms with Gasteiger partial charge in [-0.05, 0) is 48.6 Å². The van der Waals surface area contributed by atoms with Crippen LogP contribution in [-0.2, 0) is 11.2 Å². The molecule has 0 bridgehead atoms. The van der Waals surface area contributed by atoms with Crippen molar-refractivity contribution in [2.45, 2.75) is 31.7 Å². The predicted octanol–water partition coefficient (Wildman–Crippen LogP) is 4.26. The molecule has 1 fully saturated rings. The fraction of sp³-hybridized carbons (Fsp3) is 0.316. The molecule has 1 atom stereocenters. The predicted molar refractivity (Wildman–Crippen MR) is 84.8 cm³/mol. The van der Waals surface area contributed by atoms with Crippen LogP contribution in [0.5, 0.6) is 0 Å². The Morgan fingerprint density at radius 3 is 2.57 bits per heavy atom. The lowest BCUT2D eigenvalue weighted by Crippen LogP contribution is -2.30. The van der Waals surface area contributed by atoms with Crippen LogP contribution in [0.1, 0.15) is 36.4 Å². The van der Waals surface area contributed by atoms with E-state index in [9.17, 15) is 13.6 Å². The number of likely N-dealkylation sites (tertiary alicyclic amines) is 1. The van der Waals surface area contributed by atoms with Gasteiger partial charge in [0.15, 0.2) is 0 Å². The molecular formula is C19H19F2NO. The zero-order chi connectivity index (χ0) is 16.2. The highest BCUT2D eigenvalue weighted by Gasteiger charge is 2.29. The summed E-state index contributed by atoms with van der Waals surface area (Å²) in [5.74, 6) is -0.513. The molecule has 1 amide bonds. The molecule has 1 saturated heterocycles. The third-order valence-electron chi connectivity index (χ3n) is 4.39. The summed E-state index contributed by atoms with van der Waals surface area (Å²) in [7, 11) is 0. The van der Waals surface area contributed by atoms with Gasteiger partial charge >= 0.3 is 0 Å². The zero-order valence-electron chi connectivity index (χ0n) is 12.8. The molecule has 120 valence electrons. The number of rotatable bonds is 4. The van der Waals surface area contributed by atoms with Gasteiger partial charge in [0.05, 0.1) is 6.04 Å². The Morgan fingerprint density at radius 2 is 1.83 bits per heavy atom. The summed E-state index contributed by atoms with van der Waals surface area (Å²) in [4.78, 5) is 14.4. The Bertz CT molecular complexity index is 684. The summed E-state index contributed by atoms with van der Waals surface area (Å²) in [6.07, 6.45) is 2.52. The van der Waals surface area contributed by atoms with Crippen molar-refractivity contribution >= 4 is 5.91 Å². The van der Waals surface area contributed by atoms with E-state index in [2.05, 4.69) is 0 Å². The molecule has 2 aromatic carbocycles. The van der Waals surface area contributed by atoms with Gasteiger partial charge < -0.3 is 4.90 Å². The minimum Gasteiger partial charge on any atom is -0.336 e. The van der Waals surface area contributed by atoms with Gasteiger partial charge in [-0.25, -0.2) is 8.78 Å². The molecule has 0 aliphatic carbocycles. The van der Waals surface area contributed by atoms with Crippen molar-refractivity contribution < 1.29 is 13.6 Å². The zero-order valence-corrected chi connectivity index (χ0v) is 12.8. The van der Waals surface area contributed by atoms with Gasteiger partial charge in [0.2, 0.25) is 5.91 Å². The molecule has 2 nitrogen and oxygen atoms in total. The van der Waals surface area contributed by atoms with Crippen LogP contribution < -0.4 is 0 Å². The summed E-state index contributed by atoms with van der Waals surface area (Å²) in [6, 6.07) is 12.9. The van der Waals surface area contributed by atoms with Gasteiger partial charge in [-0.2, -0.15) is 0 Å². The molecule has 23 heavy (non-hydrogen) atoms. The van der Waals surface area contributed by atoms with Crippen LogP contribution >= 0.6 is 0 Å². The molecule has 1 heterocycles. The average Bonchev–Trinajstić information content (AvgIpc) is 3.04. The number of benzene rings is 2. The number of hydrogen-bond acceptors (Lipinski definition) is 1. The molecule has 4 heteroatoms. The molecule has 0 radical (unpaired) electrons. The van der Waals surface area contributed by atoms with Crippen molar-refractivity contribution in [1.29, 1.82) is 0 Å². The van der Waals surface area contributed by atoms with Crippen molar-refractivity contribution in [3.63, 3.8) is 0 Å². The van der Waals surface area contributed by atoms with Crippen LogP contribution in [0.25, 0.3) is 0 Å². The van der Waals surface area contributed by atoms with E-state index in [1.54, 1.807) is 30.3 Å². The highest BCUT2D eigenvalue weighted by molar-refractivity contribution is 5.77. The molecule has 1 aliphatic rings. The monoisotopic (exact) mass is 315 g/mol. The highest BCUT2D eigenvalue weighted by atomic mass is 19.1. The first-order valence-corrected chi connectivity index (χ1v) is 7.93. The second-order valence-corrected chi connectivity index (χ2v) is 5.89. The van der Waals surface area contributed by atoms with E-state index in [4.69, 9.17) is 0 Å². The Kier molecular flexibility index (Phi) is 4.70. The van der Waals surface area contributed by atoms with Crippen molar-refractivity contribution in [1.82, 2.24) is 4.90 Å². The molecule has 0 saturated carbocycles. The number of carbonyl (C=O) groups is 1. The molecular weight excluding hydrogens is 296 g/mol. The van der Waals surface area contributed by atoms with Crippen LogP contribution in [0.3, 0.4) is 0 Å². The Balaban J connectivity index is 1.66. The van der Waals surface area contributed by atoms with Crippen molar-refractivity contribution in [2.24, 2.45) is 0 Å². The molecule has 3 rings (SSSR count). The Labute approximate surface area is 134 Å². The summed E-state index contributed by atoms with van der Waals surface area (Å²) >= 11 is 0. The number of halogens is 2. The summed E-state index contributed by atoms with van der Waals surface area (Å²) in [5.41, 5.74) is 1.53. The Morgan fingerprint density at radius 1 is 1.09 bits per heavy atom. The maximum atomic E-state index is 13.6. The largest absolute Gasteiger partial charge is 0.336 e. The minimum absolute atomic E-state index is 0.00344. The van der Waals surface area contributed by atoms with Gasteiger partial charge in [0, 0.05) is 13.0 Å². The average molecular weight is 315 g/mol. The van der Waals surface area contributed by atoms with Crippen molar-refractivity contribution in [3.05, 3.63) is 71.3 Å². The second kappa shape index (κ2) is 6.90. The lowest BCUT2D eigenvalue weighted by Gasteiger charge is -2.25. The van der Waals surface area contributed by atoms with Gasteiger partial charge in [-0.1, -0.05) is 30.3 Å². The van der Waals surface area contributed by atoms with Gasteiger partial charge in [-0.15, -0.1) is 0 Å². The lowest BCUT2D eigenvalue weighted by molar-refractivity contribution is -0.132.